The van der Waals surface area contributed by atoms with Gasteiger partial charge < -0.3 is 19.7 Å². The van der Waals surface area contributed by atoms with Crippen molar-refractivity contribution in [1.82, 2.24) is 29.5 Å². The second-order valence-corrected chi connectivity index (χ2v) is 9.74. The minimum Gasteiger partial charge on any atom is -0.368 e. The van der Waals surface area contributed by atoms with Crippen molar-refractivity contribution in [3.8, 4) is 0 Å². The van der Waals surface area contributed by atoms with Crippen LogP contribution in [0.3, 0.4) is 0 Å². The SMILES string of the molecule is CCn1nc(C(=O)N2CCN(c3ccccc3)CC2)c2c1CCN(C(=O)c1ccc3nc(C)[nH]c3c1)C2. The van der Waals surface area contributed by atoms with Crippen molar-refractivity contribution in [2.45, 2.75) is 33.4 Å². The molecule has 2 amide bonds. The number of nitrogens with one attached hydrogen (secondary N) is 1. The van der Waals surface area contributed by atoms with Crippen LogP contribution in [0.4, 0.5) is 5.69 Å². The lowest BCUT2D eigenvalue weighted by molar-refractivity contribution is 0.0709. The van der Waals surface area contributed by atoms with Gasteiger partial charge in [-0.05, 0) is 44.2 Å². The van der Waals surface area contributed by atoms with E-state index in [1.54, 1.807) is 0 Å². The number of rotatable bonds is 4. The number of aryl methyl sites for hydroxylation is 2. The molecule has 0 bridgehead atoms. The molecule has 1 N–H and O–H groups in total. The molecule has 2 aromatic carbocycles. The van der Waals surface area contributed by atoms with Gasteiger partial charge in [-0.2, -0.15) is 5.10 Å². The number of para-hydroxylation sites is 1. The molecule has 2 aliphatic heterocycles. The topological polar surface area (TPSA) is 90.4 Å². The van der Waals surface area contributed by atoms with Crippen LogP contribution < -0.4 is 4.90 Å². The van der Waals surface area contributed by atoms with Crippen LogP contribution in [0.1, 0.15) is 44.9 Å². The number of hydrogen-bond acceptors (Lipinski definition) is 5. The van der Waals surface area contributed by atoms with E-state index in [-0.39, 0.29) is 11.8 Å². The number of aromatic amines is 1. The zero-order valence-corrected chi connectivity index (χ0v) is 21.3. The van der Waals surface area contributed by atoms with Crippen LogP contribution in [0.5, 0.6) is 0 Å². The largest absolute Gasteiger partial charge is 0.368 e. The van der Waals surface area contributed by atoms with E-state index in [1.165, 1.54) is 5.69 Å². The molecule has 2 aliphatic rings. The van der Waals surface area contributed by atoms with Crippen molar-refractivity contribution in [3.05, 3.63) is 76.9 Å². The molecule has 4 heterocycles. The first-order chi connectivity index (χ1) is 18.0. The molecule has 190 valence electrons. The summed E-state index contributed by atoms with van der Waals surface area (Å²) in [5.41, 5.74) is 5.94. The van der Waals surface area contributed by atoms with Crippen LogP contribution in [-0.4, -0.2) is 74.1 Å². The summed E-state index contributed by atoms with van der Waals surface area (Å²) in [5, 5.41) is 4.73. The standard InChI is InChI=1S/C28H31N7O2/c1-3-35-25-11-12-34(27(36)20-9-10-23-24(17-20)30-19(2)29-23)18-22(25)26(31-35)28(37)33-15-13-32(14-16-33)21-7-5-4-6-8-21/h4-10,17H,3,11-16,18H2,1-2H3,(H,29,30). The van der Waals surface area contributed by atoms with Crippen LogP contribution in [-0.2, 0) is 19.5 Å². The van der Waals surface area contributed by atoms with Crippen LogP contribution >= 0.6 is 0 Å². The molecule has 0 unspecified atom stereocenters. The summed E-state index contributed by atoms with van der Waals surface area (Å²) in [6, 6.07) is 15.9. The van der Waals surface area contributed by atoms with Crippen molar-refractivity contribution in [2.24, 2.45) is 0 Å². The monoisotopic (exact) mass is 497 g/mol. The van der Waals surface area contributed by atoms with Gasteiger partial charge in [0.15, 0.2) is 5.69 Å². The van der Waals surface area contributed by atoms with E-state index < -0.39 is 0 Å². The number of nitrogens with zero attached hydrogens (tertiary/aromatic N) is 6. The molecular formula is C28H31N7O2. The van der Waals surface area contributed by atoms with Crippen LogP contribution in [0.25, 0.3) is 11.0 Å². The fraction of sp³-hybridized carbons (Fsp3) is 0.357. The molecule has 0 spiro atoms. The van der Waals surface area contributed by atoms with Crippen molar-refractivity contribution in [3.63, 3.8) is 0 Å². The number of carbonyl (C=O) groups excluding carboxylic acids is 2. The third kappa shape index (κ3) is 4.24. The van der Waals surface area contributed by atoms with E-state index in [1.807, 2.05) is 64.7 Å². The maximum atomic E-state index is 13.7. The van der Waals surface area contributed by atoms with Gasteiger partial charge in [0.1, 0.15) is 5.82 Å². The second-order valence-electron chi connectivity index (χ2n) is 9.74. The smallest absolute Gasteiger partial charge is 0.274 e. The second kappa shape index (κ2) is 9.38. The maximum Gasteiger partial charge on any atom is 0.274 e. The number of imidazole rings is 1. The molecular weight excluding hydrogens is 466 g/mol. The Morgan fingerprint density at radius 2 is 1.73 bits per heavy atom. The third-order valence-corrected chi connectivity index (χ3v) is 7.46. The quantitative estimate of drug-likeness (QED) is 0.468. The molecule has 37 heavy (non-hydrogen) atoms. The lowest BCUT2D eigenvalue weighted by Crippen LogP contribution is -2.49. The predicted octanol–water partition coefficient (Wildman–Crippen LogP) is 3.25. The van der Waals surface area contributed by atoms with E-state index in [0.717, 1.165) is 41.2 Å². The summed E-state index contributed by atoms with van der Waals surface area (Å²) in [4.78, 5) is 40.8. The van der Waals surface area contributed by atoms with Crippen molar-refractivity contribution < 1.29 is 9.59 Å². The number of H-pyrrole nitrogens is 1. The predicted molar refractivity (Wildman–Crippen MR) is 142 cm³/mol. The Kier molecular flexibility index (Phi) is 5.90. The number of amides is 2. The average molecular weight is 498 g/mol. The average Bonchev–Trinajstić information content (AvgIpc) is 3.51. The molecule has 9 nitrogen and oxygen atoms in total. The number of fused-ring (bicyclic) bond motifs is 2. The molecule has 0 aliphatic carbocycles. The van der Waals surface area contributed by atoms with Crippen molar-refractivity contribution in [2.75, 3.05) is 37.6 Å². The summed E-state index contributed by atoms with van der Waals surface area (Å²) in [6.07, 6.45) is 0.683. The highest BCUT2D eigenvalue weighted by molar-refractivity contribution is 5.98. The summed E-state index contributed by atoms with van der Waals surface area (Å²) < 4.78 is 1.93. The third-order valence-electron chi connectivity index (χ3n) is 7.46. The molecule has 4 aromatic rings. The molecule has 0 radical (unpaired) electrons. The van der Waals surface area contributed by atoms with Gasteiger partial charge in [0.2, 0.25) is 0 Å². The van der Waals surface area contributed by atoms with Gasteiger partial charge in [-0.15, -0.1) is 0 Å². The Balaban J connectivity index is 1.21. The zero-order valence-electron chi connectivity index (χ0n) is 21.3. The first-order valence-corrected chi connectivity index (χ1v) is 13.0. The fourth-order valence-electron chi connectivity index (χ4n) is 5.51. The minimum atomic E-state index is -0.0427. The fourth-order valence-corrected chi connectivity index (χ4v) is 5.51. The van der Waals surface area contributed by atoms with E-state index >= 15 is 0 Å². The number of benzene rings is 2. The summed E-state index contributed by atoms with van der Waals surface area (Å²) in [6.45, 7) is 8.49. The number of piperazine rings is 1. The van der Waals surface area contributed by atoms with E-state index in [4.69, 9.17) is 5.10 Å². The van der Waals surface area contributed by atoms with Gasteiger partial charge in [-0.3, -0.25) is 14.3 Å². The molecule has 0 atom stereocenters. The van der Waals surface area contributed by atoms with Gasteiger partial charge >= 0.3 is 0 Å². The Bertz CT molecular complexity index is 1460. The summed E-state index contributed by atoms with van der Waals surface area (Å²) in [7, 11) is 0. The van der Waals surface area contributed by atoms with Crippen molar-refractivity contribution >= 4 is 28.5 Å². The van der Waals surface area contributed by atoms with Crippen LogP contribution in [0.2, 0.25) is 0 Å². The van der Waals surface area contributed by atoms with E-state index in [0.29, 0.717) is 50.4 Å². The van der Waals surface area contributed by atoms with Gasteiger partial charge in [-0.1, -0.05) is 18.2 Å². The van der Waals surface area contributed by atoms with Crippen LogP contribution in [0.15, 0.2) is 48.5 Å². The normalized spacial score (nSPS) is 15.8. The number of aromatic nitrogens is 4. The number of anilines is 1. The first-order valence-electron chi connectivity index (χ1n) is 13.0. The van der Waals surface area contributed by atoms with Gasteiger partial charge in [0.25, 0.3) is 11.8 Å². The zero-order chi connectivity index (χ0) is 25.5. The molecule has 1 saturated heterocycles. The number of carbonyl (C=O) groups is 2. The minimum absolute atomic E-state index is 0.0418. The van der Waals surface area contributed by atoms with Gasteiger partial charge in [-0.25, -0.2) is 4.98 Å². The molecule has 1 fully saturated rings. The highest BCUT2D eigenvalue weighted by Crippen LogP contribution is 2.26. The van der Waals surface area contributed by atoms with Gasteiger partial charge in [0, 0.05) is 68.2 Å². The molecule has 9 heteroatoms. The van der Waals surface area contributed by atoms with Crippen molar-refractivity contribution in [1.29, 1.82) is 0 Å². The maximum absolute atomic E-state index is 13.7. The first kappa shape index (κ1) is 23.3. The van der Waals surface area contributed by atoms with E-state index in [2.05, 4.69) is 27.0 Å². The summed E-state index contributed by atoms with van der Waals surface area (Å²) in [5.74, 6) is 0.737. The van der Waals surface area contributed by atoms with Gasteiger partial charge in [0.05, 0.1) is 17.6 Å². The number of hydrogen-bond donors (Lipinski definition) is 1. The Hall–Kier alpha value is -4.14. The van der Waals surface area contributed by atoms with Crippen LogP contribution in [0, 0.1) is 6.92 Å². The molecule has 6 rings (SSSR count). The lowest BCUT2D eigenvalue weighted by Gasteiger charge is -2.36. The highest BCUT2D eigenvalue weighted by Gasteiger charge is 2.33. The lowest BCUT2D eigenvalue weighted by atomic mass is 10.0. The Labute approximate surface area is 215 Å². The van der Waals surface area contributed by atoms with E-state index in [9.17, 15) is 9.59 Å². The Morgan fingerprint density at radius 1 is 0.946 bits per heavy atom. The molecule has 2 aromatic heterocycles. The highest BCUT2D eigenvalue weighted by atomic mass is 16.2. The summed E-state index contributed by atoms with van der Waals surface area (Å²) >= 11 is 0. The molecule has 0 saturated carbocycles. The Morgan fingerprint density at radius 3 is 2.49 bits per heavy atom.